The van der Waals surface area contributed by atoms with Crippen LogP contribution in [0.3, 0.4) is 0 Å². The van der Waals surface area contributed by atoms with Crippen LogP contribution in [0.5, 0.6) is 0 Å². The zero-order valence-corrected chi connectivity index (χ0v) is 19.4. The fourth-order valence-corrected chi connectivity index (χ4v) is 7.37. The lowest BCUT2D eigenvalue weighted by molar-refractivity contribution is -0.0773. The summed E-state index contributed by atoms with van der Waals surface area (Å²) in [6.45, 7) is 2.09. The van der Waals surface area contributed by atoms with Crippen molar-refractivity contribution in [3.05, 3.63) is 52.8 Å². The van der Waals surface area contributed by atoms with Gasteiger partial charge in [0.25, 0.3) is 5.89 Å². The van der Waals surface area contributed by atoms with E-state index in [4.69, 9.17) is 9.40 Å². The van der Waals surface area contributed by atoms with E-state index in [-0.39, 0.29) is 11.0 Å². The van der Waals surface area contributed by atoms with E-state index in [0.29, 0.717) is 22.5 Å². The molecule has 4 aliphatic rings. The highest BCUT2D eigenvalue weighted by molar-refractivity contribution is 9.10. The van der Waals surface area contributed by atoms with Gasteiger partial charge in [0, 0.05) is 5.39 Å². The molecule has 0 spiro atoms. The van der Waals surface area contributed by atoms with Gasteiger partial charge in [0.15, 0.2) is 0 Å². The van der Waals surface area contributed by atoms with Crippen molar-refractivity contribution in [2.45, 2.75) is 56.4 Å². The predicted molar refractivity (Wildman–Crippen MR) is 122 cm³/mol. The molecule has 32 heavy (non-hydrogen) atoms. The molecule has 4 bridgehead atoms. The Bertz CT molecular complexity index is 1350. The van der Waals surface area contributed by atoms with Crippen molar-refractivity contribution < 1.29 is 4.42 Å². The van der Waals surface area contributed by atoms with Crippen LogP contribution in [-0.4, -0.2) is 29.9 Å². The summed E-state index contributed by atoms with van der Waals surface area (Å²) < 4.78 is 9.13. The Morgan fingerprint density at radius 2 is 1.91 bits per heavy atom. The van der Waals surface area contributed by atoms with E-state index in [2.05, 4.69) is 66.0 Å². The number of hydrogen-bond donors (Lipinski definition) is 0. The van der Waals surface area contributed by atoms with Gasteiger partial charge in [0.1, 0.15) is 12.0 Å². The van der Waals surface area contributed by atoms with Gasteiger partial charge in [-0.2, -0.15) is 0 Å². The molecule has 162 valence electrons. The van der Waals surface area contributed by atoms with Gasteiger partial charge < -0.3 is 4.42 Å². The number of aryl methyl sites for hydroxylation is 1. The summed E-state index contributed by atoms with van der Waals surface area (Å²) in [7, 11) is 0. The number of rotatable bonds is 3. The van der Waals surface area contributed by atoms with E-state index < -0.39 is 0 Å². The maximum atomic E-state index is 6.37. The molecule has 3 aromatic heterocycles. The number of halogens is 1. The molecule has 0 saturated heterocycles. The molecule has 8 heteroatoms. The van der Waals surface area contributed by atoms with Crippen molar-refractivity contribution in [2.24, 2.45) is 11.8 Å². The van der Waals surface area contributed by atoms with Crippen LogP contribution in [0.15, 0.2) is 45.8 Å². The van der Waals surface area contributed by atoms with Gasteiger partial charge in [-0.25, -0.2) is 14.6 Å². The molecule has 2 unspecified atom stereocenters. The third-order valence-electron chi connectivity index (χ3n) is 7.92. The molecule has 4 fully saturated rings. The molecular weight excluding hydrogens is 468 g/mol. The fourth-order valence-electron chi connectivity index (χ4n) is 7.11. The minimum Gasteiger partial charge on any atom is -0.419 e. The van der Waals surface area contributed by atoms with Gasteiger partial charge in [0.05, 0.1) is 16.5 Å². The smallest absolute Gasteiger partial charge is 0.266 e. The van der Waals surface area contributed by atoms with E-state index in [9.17, 15) is 0 Å². The van der Waals surface area contributed by atoms with Crippen LogP contribution < -0.4 is 0 Å². The standard InChI is InChI=1S/C24H23BrN6O/c1-14-2-4-18-17(6-14)3-5-19(27-18)20-28-29-21(32-20)23-8-15-7-16(9-23)11-24(10-15,12-23)31-13-26-22(25)30-31/h2-6,13,15-16H,7-12H2,1H3. The van der Waals surface area contributed by atoms with E-state index >= 15 is 0 Å². The summed E-state index contributed by atoms with van der Waals surface area (Å²) in [6, 6.07) is 10.3. The van der Waals surface area contributed by atoms with Gasteiger partial charge in [0.2, 0.25) is 10.6 Å². The Labute approximate surface area is 193 Å². The van der Waals surface area contributed by atoms with Crippen molar-refractivity contribution in [1.29, 1.82) is 0 Å². The first kappa shape index (κ1) is 18.9. The van der Waals surface area contributed by atoms with Gasteiger partial charge in [-0.05, 0) is 91.4 Å². The Morgan fingerprint density at radius 3 is 2.69 bits per heavy atom. The number of pyridine rings is 1. The zero-order valence-electron chi connectivity index (χ0n) is 17.8. The Kier molecular flexibility index (Phi) is 3.82. The Morgan fingerprint density at radius 1 is 1.06 bits per heavy atom. The maximum Gasteiger partial charge on any atom is 0.266 e. The van der Waals surface area contributed by atoms with Crippen molar-refractivity contribution in [3.63, 3.8) is 0 Å². The highest BCUT2D eigenvalue weighted by Gasteiger charge is 2.61. The summed E-state index contributed by atoms with van der Waals surface area (Å²) in [5.41, 5.74) is 2.82. The molecule has 4 aromatic rings. The van der Waals surface area contributed by atoms with Crippen LogP contribution in [0.2, 0.25) is 0 Å². The van der Waals surface area contributed by atoms with Crippen molar-refractivity contribution in [2.75, 3.05) is 0 Å². The van der Waals surface area contributed by atoms with Crippen LogP contribution in [0, 0.1) is 18.8 Å². The average molecular weight is 491 g/mol. The van der Waals surface area contributed by atoms with E-state index in [0.717, 1.165) is 54.6 Å². The van der Waals surface area contributed by atoms with Gasteiger partial charge in [-0.15, -0.1) is 15.3 Å². The minimum absolute atomic E-state index is 0.00318. The monoisotopic (exact) mass is 490 g/mol. The van der Waals surface area contributed by atoms with Crippen LogP contribution in [0.4, 0.5) is 0 Å². The maximum absolute atomic E-state index is 6.37. The summed E-state index contributed by atoms with van der Waals surface area (Å²) in [4.78, 5) is 9.14. The number of aromatic nitrogens is 6. The molecule has 1 aromatic carbocycles. The normalized spacial score (nSPS) is 30.9. The topological polar surface area (TPSA) is 82.5 Å². The first-order valence-corrected chi connectivity index (χ1v) is 12.1. The SMILES string of the molecule is Cc1ccc2nc(-c3nnc(C45CC6CC(C4)CC(n4cnc(Br)n4)(C6)C5)o3)ccc2c1. The second kappa shape index (κ2) is 6.47. The average Bonchev–Trinajstić information content (AvgIpc) is 3.43. The van der Waals surface area contributed by atoms with Crippen LogP contribution in [0.1, 0.15) is 50.0 Å². The largest absolute Gasteiger partial charge is 0.419 e. The van der Waals surface area contributed by atoms with Crippen LogP contribution in [-0.2, 0) is 11.0 Å². The zero-order chi connectivity index (χ0) is 21.5. The number of hydrogen-bond acceptors (Lipinski definition) is 6. The molecule has 0 N–H and O–H groups in total. The van der Waals surface area contributed by atoms with Gasteiger partial charge in [-0.3, -0.25) is 0 Å². The minimum atomic E-state index is -0.0816. The second-order valence-electron chi connectivity index (χ2n) is 10.2. The molecule has 8 rings (SSSR count). The van der Waals surface area contributed by atoms with Crippen LogP contribution in [0.25, 0.3) is 22.5 Å². The summed E-state index contributed by atoms with van der Waals surface area (Å²) in [5.74, 6) is 2.61. The summed E-state index contributed by atoms with van der Waals surface area (Å²) in [6.07, 6.45) is 8.72. The molecule has 0 radical (unpaired) electrons. The molecular formula is C24H23BrN6O. The van der Waals surface area contributed by atoms with Crippen molar-refractivity contribution in [1.82, 2.24) is 29.9 Å². The van der Waals surface area contributed by atoms with Crippen molar-refractivity contribution in [3.8, 4) is 11.6 Å². The summed E-state index contributed by atoms with van der Waals surface area (Å²) in [5, 5.41) is 14.8. The highest BCUT2D eigenvalue weighted by Crippen LogP contribution is 2.64. The Hall–Kier alpha value is -2.61. The molecule has 0 aliphatic heterocycles. The predicted octanol–water partition coefficient (Wildman–Crippen LogP) is 5.19. The number of nitrogens with zero attached hydrogens (tertiary/aromatic N) is 6. The number of fused-ring (bicyclic) bond motifs is 1. The molecule has 7 nitrogen and oxygen atoms in total. The van der Waals surface area contributed by atoms with E-state index in [1.54, 1.807) is 0 Å². The van der Waals surface area contributed by atoms with E-state index in [1.807, 2.05) is 18.5 Å². The van der Waals surface area contributed by atoms with E-state index in [1.165, 1.54) is 12.0 Å². The molecule has 0 amide bonds. The molecule has 4 aliphatic carbocycles. The van der Waals surface area contributed by atoms with Crippen LogP contribution >= 0.6 is 15.9 Å². The Balaban J connectivity index is 1.27. The third-order valence-corrected chi connectivity index (χ3v) is 8.29. The lowest BCUT2D eigenvalue weighted by Crippen LogP contribution is -2.58. The lowest BCUT2D eigenvalue weighted by Gasteiger charge is -2.60. The first-order valence-electron chi connectivity index (χ1n) is 11.3. The molecule has 3 heterocycles. The van der Waals surface area contributed by atoms with Crippen molar-refractivity contribution >= 4 is 26.8 Å². The second-order valence-corrected chi connectivity index (χ2v) is 10.9. The first-order chi connectivity index (χ1) is 15.5. The molecule has 4 saturated carbocycles. The lowest BCUT2D eigenvalue weighted by atomic mass is 9.47. The fraction of sp³-hybridized carbons (Fsp3) is 0.458. The van der Waals surface area contributed by atoms with Gasteiger partial charge >= 0.3 is 0 Å². The van der Waals surface area contributed by atoms with Gasteiger partial charge in [-0.1, -0.05) is 17.7 Å². The molecule has 2 atom stereocenters. The number of benzene rings is 1. The summed E-state index contributed by atoms with van der Waals surface area (Å²) >= 11 is 3.43. The quantitative estimate of drug-likeness (QED) is 0.392. The highest BCUT2D eigenvalue weighted by atomic mass is 79.9. The third kappa shape index (κ3) is 2.74.